The molecule has 3 rings (SSSR count). The molecule has 0 radical (unpaired) electrons. The molecule has 3 nitrogen and oxygen atoms in total. The fraction of sp³-hybridized carbons (Fsp3) is 0.182. The third kappa shape index (κ3) is 5.10. The summed E-state index contributed by atoms with van der Waals surface area (Å²) in [6.07, 6.45) is -0.433. The zero-order valence-electron chi connectivity index (χ0n) is 14.4. The Morgan fingerprint density at radius 3 is 2.16 bits per heavy atom. The van der Waals surface area contributed by atoms with E-state index in [0.29, 0.717) is 6.61 Å². The predicted octanol–water partition coefficient (Wildman–Crippen LogP) is 4.93. The number of aliphatic hydroxyl groups excluding tert-OH is 1. The number of rotatable bonds is 7. The van der Waals surface area contributed by atoms with Crippen LogP contribution in [0, 0.1) is 0 Å². The van der Waals surface area contributed by atoms with Crippen molar-refractivity contribution < 1.29 is 9.84 Å². The number of anilines is 1. The molecule has 3 aromatic carbocycles. The van der Waals surface area contributed by atoms with Gasteiger partial charge in [0.05, 0.1) is 6.10 Å². The molecule has 3 aromatic rings. The first-order valence-electron chi connectivity index (χ1n) is 8.48. The van der Waals surface area contributed by atoms with E-state index < -0.39 is 6.10 Å². The van der Waals surface area contributed by atoms with E-state index in [1.54, 1.807) is 6.92 Å². The largest absolute Gasteiger partial charge is 0.489 e. The minimum Gasteiger partial charge on any atom is -0.489 e. The maximum atomic E-state index is 9.53. The second kappa shape index (κ2) is 8.36. The van der Waals surface area contributed by atoms with Gasteiger partial charge in [0.1, 0.15) is 12.4 Å². The van der Waals surface area contributed by atoms with Gasteiger partial charge in [-0.1, -0.05) is 54.6 Å². The van der Waals surface area contributed by atoms with Crippen LogP contribution in [0.1, 0.15) is 29.7 Å². The van der Waals surface area contributed by atoms with Gasteiger partial charge in [-0.2, -0.15) is 0 Å². The van der Waals surface area contributed by atoms with Crippen LogP contribution < -0.4 is 10.1 Å². The lowest BCUT2D eigenvalue weighted by atomic mass is 10.1. The van der Waals surface area contributed by atoms with Gasteiger partial charge in [0, 0.05) is 12.2 Å². The van der Waals surface area contributed by atoms with Crippen molar-refractivity contribution in [3.8, 4) is 5.75 Å². The zero-order chi connectivity index (χ0) is 17.5. The van der Waals surface area contributed by atoms with Crippen LogP contribution in [0.3, 0.4) is 0 Å². The van der Waals surface area contributed by atoms with Crippen LogP contribution in [0.2, 0.25) is 0 Å². The molecule has 0 amide bonds. The molecule has 1 unspecified atom stereocenters. The van der Waals surface area contributed by atoms with Crippen molar-refractivity contribution in [1.29, 1.82) is 0 Å². The number of hydrogen-bond acceptors (Lipinski definition) is 3. The van der Waals surface area contributed by atoms with Crippen LogP contribution in [-0.2, 0) is 13.2 Å². The summed E-state index contributed by atoms with van der Waals surface area (Å²) in [5.74, 6) is 0.869. The minimum atomic E-state index is -0.433. The van der Waals surface area contributed by atoms with E-state index in [2.05, 4.69) is 29.6 Å². The van der Waals surface area contributed by atoms with Gasteiger partial charge >= 0.3 is 0 Å². The van der Waals surface area contributed by atoms with E-state index in [0.717, 1.165) is 29.1 Å². The standard InChI is InChI=1S/C22H23NO2/c1-17(24)20-9-11-21(12-10-20)23-15-18-7-13-22(14-8-18)25-16-19-5-3-2-4-6-19/h2-14,17,23-24H,15-16H2,1H3. The summed E-state index contributed by atoms with van der Waals surface area (Å²) in [5, 5.41) is 12.9. The molecule has 0 aliphatic heterocycles. The second-order valence-electron chi connectivity index (χ2n) is 6.07. The number of nitrogens with one attached hydrogen (secondary N) is 1. The topological polar surface area (TPSA) is 41.5 Å². The molecule has 0 bridgehead atoms. The fourth-order valence-corrected chi connectivity index (χ4v) is 2.53. The highest BCUT2D eigenvalue weighted by Crippen LogP contribution is 2.18. The SMILES string of the molecule is CC(O)c1ccc(NCc2ccc(OCc3ccccc3)cc2)cc1. The molecule has 3 heteroatoms. The molecule has 2 N–H and O–H groups in total. The molecule has 0 spiro atoms. The van der Waals surface area contributed by atoms with E-state index in [1.165, 1.54) is 5.56 Å². The van der Waals surface area contributed by atoms with Crippen LogP contribution >= 0.6 is 0 Å². The normalized spacial score (nSPS) is 11.8. The molecule has 0 aliphatic carbocycles. The Morgan fingerprint density at radius 1 is 0.840 bits per heavy atom. The molecule has 0 saturated heterocycles. The first-order valence-corrected chi connectivity index (χ1v) is 8.48. The van der Waals surface area contributed by atoms with Crippen molar-refractivity contribution in [1.82, 2.24) is 0 Å². The van der Waals surface area contributed by atoms with Crippen LogP contribution in [-0.4, -0.2) is 5.11 Å². The quantitative estimate of drug-likeness (QED) is 0.644. The van der Waals surface area contributed by atoms with E-state index in [-0.39, 0.29) is 0 Å². The van der Waals surface area contributed by atoms with Crippen molar-refractivity contribution in [2.45, 2.75) is 26.2 Å². The number of aliphatic hydroxyl groups is 1. The summed E-state index contributed by atoms with van der Waals surface area (Å²) in [7, 11) is 0. The predicted molar refractivity (Wildman–Crippen MR) is 102 cm³/mol. The van der Waals surface area contributed by atoms with Gasteiger partial charge in [-0.3, -0.25) is 0 Å². The maximum Gasteiger partial charge on any atom is 0.119 e. The molecular weight excluding hydrogens is 310 g/mol. The average Bonchev–Trinajstić information content (AvgIpc) is 2.67. The number of hydrogen-bond donors (Lipinski definition) is 2. The van der Waals surface area contributed by atoms with Gasteiger partial charge in [-0.15, -0.1) is 0 Å². The summed E-state index contributed by atoms with van der Waals surface area (Å²) in [6, 6.07) is 26.1. The van der Waals surface area contributed by atoms with Crippen molar-refractivity contribution in [3.05, 3.63) is 95.6 Å². The van der Waals surface area contributed by atoms with Crippen LogP contribution in [0.5, 0.6) is 5.75 Å². The Morgan fingerprint density at radius 2 is 1.52 bits per heavy atom. The second-order valence-corrected chi connectivity index (χ2v) is 6.07. The molecule has 0 aromatic heterocycles. The molecular formula is C22H23NO2. The Balaban J connectivity index is 1.50. The van der Waals surface area contributed by atoms with Crippen molar-refractivity contribution in [2.24, 2.45) is 0 Å². The lowest BCUT2D eigenvalue weighted by molar-refractivity contribution is 0.199. The Kier molecular flexibility index (Phi) is 5.70. The van der Waals surface area contributed by atoms with Gasteiger partial charge < -0.3 is 15.2 Å². The lowest BCUT2D eigenvalue weighted by Gasteiger charge is -2.10. The maximum absolute atomic E-state index is 9.53. The first kappa shape index (κ1) is 17.1. The van der Waals surface area contributed by atoms with Gasteiger partial charge in [0.15, 0.2) is 0 Å². The van der Waals surface area contributed by atoms with E-state index >= 15 is 0 Å². The third-order valence-corrected chi connectivity index (χ3v) is 4.06. The van der Waals surface area contributed by atoms with Crippen LogP contribution in [0.15, 0.2) is 78.9 Å². The van der Waals surface area contributed by atoms with Gasteiger partial charge in [0.2, 0.25) is 0 Å². The van der Waals surface area contributed by atoms with Gasteiger partial charge in [-0.05, 0) is 47.9 Å². The van der Waals surface area contributed by atoms with Gasteiger partial charge in [-0.25, -0.2) is 0 Å². The Bertz CT molecular complexity index is 765. The van der Waals surface area contributed by atoms with E-state index in [9.17, 15) is 5.11 Å². The molecule has 0 heterocycles. The number of benzene rings is 3. The molecule has 128 valence electrons. The van der Waals surface area contributed by atoms with Crippen LogP contribution in [0.25, 0.3) is 0 Å². The lowest BCUT2D eigenvalue weighted by Crippen LogP contribution is -2.00. The summed E-state index contributed by atoms with van der Waals surface area (Å²) in [5.41, 5.74) is 4.31. The van der Waals surface area contributed by atoms with Crippen molar-refractivity contribution in [2.75, 3.05) is 5.32 Å². The minimum absolute atomic E-state index is 0.433. The Labute approximate surface area is 148 Å². The van der Waals surface area contributed by atoms with Crippen LogP contribution in [0.4, 0.5) is 5.69 Å². The Hall–Kier alpha value is -2.78. The molecule has 0 aliphatic rings. The highest BCUT2D eigenvalue weighted by molar-refractivity contribution is 5.45. The zero-order valence-corrected chi connectivity index (χ0v) is 14.4. The summed E-state index contributed by atoms with van der Waals surface area (Å²) in [4.78, 5) is 0. The summed E-state index contributed by atoms with van der Waals surface area (Å²) in [6.45, 7) is 3.09. The highest BCUT2D eigenvalue weighted by Gasteiger charge is 2.01. The highest BCUT2D eigenvalue weighted by atomic mass is 16.5. The number of ether oxygens (including phenoxy) is 1. The first-order chi connectivity index (χ1) is 12.2. The van der Waals surface area contributed by atoms with Crippen molar-refractivity contribution >= 4 is 5.69 Å². The summed E-state index contributed by atoms with van der Waals surface area (Å²) >= 11 is 0. The molecule has 1 atom stereocenters. The molecule has 0 saturated carbocycles. The molecule has 0 fully saturated rings. The third-order valence-electron chi connectivity index (χ3n) is 4.06. The fourth-order valence-electron chi connectivity index (χ4n) is 2.53. The monoisotopic (exact) mass is 333 g/mol. The van der Waals surface area contributed by atoms with E-state index in [4.69, 9.17) is 4.74 Å². The average molecular weight is 333 g/mol. The van der Waals surface area contributed by atoms with Crippen molar-refractivity contribution in [3.63, 3.8) is 0 Å². The molecule has 25 heavy (non-hydrogen) atoms. The van der Waals surface area contributed by atoms with Gasteiger partial charge in [0.25, 0.3) is 0 Å². The smallest absolute Gasteiger partial charge is 0.119 e. The summed E-state index contributed by atoms with van der Waals surface area (Å²) < 4.78 is 5.80. The van der Waals surface area contributed by atoms with E-state index in [1.807, 2.05) is 54.6 Å².